The Hall–Kier alpha value is -3.53. The minimum absolute atomic E-state index is 0.0591. The van der Waals surface area contributed by atoms with Crippen molar-refractivity contribution in [3.8, 4) is 5.69 Å². The number of benzene rings is 3. The standard InChI is InChI=1S/C28H27BrN4O3S/c1-21-17-24(22(2)33(21)26-15-13-25(29)14-16-26)18-30-31-28(34)20-32(19-23-9-5-3-6-10-23)37(35,36)27-11-7-4-8-12-27/h3-18H,19-20H2,1-2H3,(H,31,34)/b30-18+. The number of aryl methyl sites for hydroxylation is 1. The van der Waals surface area contributed by atoms with Crippen molar-refractivity contribution in [2.45, 2.75) is 25.3 Å². The summed E-state index contributed by atoms with van der Waals surface area (Å²) in [5, 5.41) is 4.11. The molecule has 0 saturated heterocycles. The number of carbonyl (C=O) groups is 1. The van der Waals surface area contributed by atoms with Gasteiger partial charge in [0.1, 0.15) is 0 Å². The van der Waals surface area contributed by atoms with Gasteiger partial charge in [-0.25, -0.2) is 13.8 Å². The highest BCUT2D eigenvalue weighted by atomic mass is 79.9. The monoisotopic (exact) mass is 578 g/mol. The first-order valence-corrected chi connectivity index (χ1v) is 13.8. The van der Waals surface area contributed by atoms with Gasteiger partial charge in [0.15, 0.2) is 0 Å². The normalized spacial score (nSPS) is 11.8. The number of amides is 1. The molecule has 0 radical (unpaired) electrons. The van der Waals surface area contributed by atoms with Gasteiger partial charge >= 0.3 is 0 Å². The average Bonchev–Trinajstić information content (AvgIpc) is 3.18. The second-order valence-corrected chi connectivity index (χ2v) is 11.4. The third kappa shape index (κ3) is 6.43. The van der Waals surface area contributed by atoms with E-state index in [1.54, 1.807) is 24.4 Å². The number of nitrogens with one attached hydrogen (secondary N) is 1. The van der Waals surface area contributed by atoms with Gasteiger partial charge in [-0.2, -0.15) is 9.41 Å². The minimum Gasteiger partial charge on any atom is -0.318 e. The van der Waals surface area contributed by atoms with E-state index < -0.39 is 15.9 Å². The number of nitrogens with zero attached hydrogens (tertiary/aromatic N) is 3. The molecule has 0 atom stereocenters. The first-order valence-electron chi connectivity index (χ1n) is 11.6. The quantitative estimate of drug-likeness (QED) is 0.219. The van der Waals surface area contributed by atoms with Crippen molar-refractivity contribution in [1.82, 2.24) is 14.3 Å². The van der Waals surface area contributed by atoms with Crippen LogP contribution in [0.1, 0.15) is 22.5 Å². The van der Waals surface area contributed by atoms with Crippen LogP contribution in [0.15, 0.2) is 105 Å². The molecule has 0 fully saturated rings. The van der Waals surface area contributed by atoms with Gasteiger partial charge in [0.05, 0.1) is 17.7 Å². The molecule has 0 aliphatic carbocycles. The van der Waals surface area contributed by atoms with E-state index in [-0.39, 0.29) is 18.0 Å². The van der Waals surface area contributed by atoms with Gasteiger partial charge in [0, 0.05) is 33.7 Å². The highest BCUT2D eigenvalue weighted by Gasteiger charge is 2.26. The number of hydrogen-bond donors (Lipinski definition) is 1. The second kappa shape index (κ2) is 11.7. The number of sulfonamides is 1. The highest BCUT2D eigenvalue weighted by molar-refractivity contribution is 9.10. The Morgan fingerprint density at radius 3 is 2.24 bits per heavy atom. The first-order chi connectivity index (χ1) is 17.8. The molecule has 0 aliphatic heterocycles. The molecule has 1 aromatic heterocycles. The van der Waals surface area contributed by atoms with Crippen LogP contribution in [-0.4, -0.2) is 36.0 Å². The maximum Gasteiger partial charge on any atom is 0.255 e. The molecule has 4 aromatic rings. The van der Waals surface area contributed by atoms with Crippen LogP contribution in [0.4, 0.5) is 0 Å². The Balaban J connectivity index is 1.50. The van der Waals surface area contributed by atoms with Gasteiger partial charge < -0.3 is 4.57 Å². The molecule has 0 spiro atoms. The van der Waals surface area contributed by atoms with Crippen molar-refractivity contribution in [3.05, 3.63) is 118 Å². The first kappa shape index (κ1) is 26.5. The van der Waals surface area contributed by atoms with Crippen LogP contribution < -0.4 is 5.43 Å². The SMILES string of the molecule is Cc1cc(/C=N/NC(=O)CN(Cc2ccccc2)S(=O)(=O)c2ccccc2)c(C)n1-c1ccc(Br)cc1. The van der Waals surface area contributed by atoms with Gasteiger partial charge in [0.2, 0.25) is 10.0 Å². The summed E-state index contributed by atoms with van der Waals surface area (Å²) in [5.41, 5.74) is 7.12. The lowest BCUT2D eigenvalue weighted by Crippen LogP contribution is -2.39. The lowest BCUT2D eigenvalue weighted by atomic mass is 10.2. The van der Waals surface area contributed by atoms with Crippen LogP contribution in [0.25, 0.3) is 5.69 Å². The topological polar surface area (TPSA) is 83.8 Å². The maximum absolute atomic E-state index is 13.3. The highest BCUT2D eigenvalue weighted by Crippen LogP contribution is 2.22. The smallest absolute Gasteiger partial charge is 0.255 e. The molecule has 37 heavy (non-hydrogen) atoms. The molecule has 1 heterocycles. The predicted octanol–water partition coefficient (Wildman–Crippen LogP) is 5.20. The van der Waals surface area contributed by atoms with Crippen LogP contribution in [0.3, 0.4) is 0 Å². The summed E-state index contributed by atoms with van der Waals surface area (Å²) in [6, 6.07) is 27.2. The largest absolute Gasteiger partial charge is 0.318 e. The number of halogens is 1. The number of hydrogen-bond acceptors (Lipinski definition) is 4. The van der Waals surface area contributed by atoms with E-state index in [2.05, 4.69) is 31.0 Å². The van der Waals surface area contributed by atoms with E-state index in [1.165, 1.54) is 12.1 Å². The second-order valence-electron chi connectivity index (χ2n) is 8.50. The Labute approximate surface area is 225 Å². The molecule has 3 aromatic carbocycles. The average molecular weight is 580 g/mol. The van der Waals surface area contributed by atoms with E-state index in [0.717, 1.165) is 37.0 Å². The molecule has 1 N–H and O–H groups in total. The lowest BCUT2D eigenvalue weighted by molar-refractivity contribution is -0.121. The maximum atomic E-state index is 13.3. The molecule has 4 rings (SSSR count). The molecule has 0 bridgehead atoms. The van der Waals surface area contributed by atoms with Gasteiger partial charge in [-0.3, -0.25) is 4.79 Å². The van der Waals surface area contributed by atoms with Crippen molar-refractivity contribution >= 4 is 38.1 Å². The Kier molecular flexibility index (Phi) is 8.38. The summed E-state index contributed by atoms with van der Waals surface area (Å²) < 4.78 is 30.9. The van der Waals surface area contributed by atoms with E-state index in [0.29, 0.717) is 0 Å². The molecule has 0 saturated carbocycles. The van der Waals surface area contributed by atoms with Gasteiger partial charge in [-0.05, 0) is 61.9 Å². The van der Waals surface area contributed by atoms with E-state index in [9.17, 15) is 13.2 Å². The van der Waals surface area contributed by atoms with Crippen molar-refractivity contribution < 1.29 is 13.2 Å². The van der Waals surface area contributed by atoms with E-state index in [1.807, 2.05) is 74.5 Å². The number of rotatable bonds is 9. The molecule has 0 unspecified atom stereocenters. The van der Waals surface area contributed by atoms with Crippen LogP contribution in [0.5, 0.6) is 0 Å². The van der Waals surface area contributed by atoms with E-state index >= 15 is 0 Å². The van der Waals surface area contributed by atoms with Crippen LogP contribution in [0, 0.1) is 13.8 Å². The van der Waals surface area contributed by atoms with Gasteiger partial charge in [0.25, 0.3) is 5.91 Å². The Bertz CT molecular complexity index is 1500. The van der Waals surface area contributed by atoms with Gasteiger partial charge in [-0.1, -0.05) is 64.5 Å². The lowest BCUT2D eigenvalue weighted by Gasteiger charge is -2.21. The van der Waals surface area contributed by atoms with Crippen LogP contribution >= 0.6 is 15.9 Å². The summed E-state index contributed by atoms with van der Waals surface area (Å²) in [7, 11) is -3.90. The van der Waals surface area contributed by atoms with Crippen LogP contribution in [-0.2, 0) is 21.4 Å². The van der Waals surface area contributed by atoms with Crippen molar-refractivity contribution in [2.75, 3.05) is 6.54 Å². The zero-order valence-corrected chi connectivity index (χ0v) is 22.9. The summed E-state index contributed by atoms with van der Waals surface area (Å²) in [6.07, 6.45) is 1.57. The third-order valence-electron chi connectivity index (χ3n) is 5.85. The zero-order valence-electron chi connectivity index (χ0n) is 20.5. The van der Waals surface area contributed by atoms with Crippen molar-refractivity contribution in [2.24, 2.45) is 5.10 Å². The van der Waals surface area contributed by atoms with Crippen molar-refractivity contribution in [3.63, 3.8) is 0 Å². The van der Waals surface area contributed by atoms with Crippen molar-refractivity contribution in [1.29, 1.82) is 0 Å². The third-order valence-corrected chi connectivity index (χ3v) is 8.19. The van der Waals surface area contributed by atoms with Crippen LogP contribution in [0.2, 0.25) is 0 Å². The summed E-state index contributed by atoms with van der Waals surface area (Å²) in [6.45, 7) is 3.66. The molecule has 0 aliphatic rings. The number of aromatic nitrogens is 1. The van der Waals surface area contributed by atoms with E-state index in [4.69, 9.17) is 0 Å². The molecule has 9 heteroatoms. The predicted molar refractivity (Wildman–Crippen MR) is 149 cm³/mol. The fourth-order valence-corrected chi connectivity index (χ4v) is 5.70. The molecule has 190 valence electrons. The Morgan fingerprint density at radius 2 is 1.59 bits per heavy atom. The zero-order chi connectivity index (χ0) is 26.4. The number of hydrazone groups is 1. The molecular weight excluding hydrogens is 552 g/mol. The summed E-state index contributed by atoms with van der Waals surface area (Å²) >= 11 is 3.46. The fourth-order valence-electron chi connectivity index (χ4n) is 4.03. The fraction of sp³-hybridized carbons (Fsp3) is 0.143. The number of carbonyl (C=O) groups excluding carboxylic acids is 1. The summed E-state index contributed by atoms with van der Waals surface area (Å²) in [5.74, 6) is -0.534. The molecule has 1 amide bonds. The molecular formula is C28H27BrN4O3S. The minimum atomic E-state index is -3.90. The summed E-state index contributed by atoms with van der Waals surface area (Å²) in [4.78, 5) is 12.9. The van der Waals surface area contributed by atoms with Gasteiger partial charge in [-0.15, -0.1) is 0 Å². The Morgan fingerprint density at radius 1 is 0.973 bits per heavy atom. The molecule has 7 nitrogen and oxygen atoms in total.